The molecular weight excluding hydrogens is 233 g/mol. The minimum atomic E-state index is -0.922. The standard InChI is InChI=1S/C12H13BNO4/c1-18-10-3-2-8-5-11(12(16)17)14(13-7-15)6-9(8)4-10/h2-4,7,11H,5-6H2,1H3,(H,16,17)/t11-/m0/s1. The molecule has 6 heteroatoms. The van der Waals surface area contributed by atoms with Gasteiger partial charge in [-0.2, -0.15) is 0 Å². The summed E-state index contributed by atoms with van der Waals surface area (Å²) in [5.41, 5.74) is 1.98. The van der Waals surface area contributed by atoms with Crippen LogP contribution in [-0.4, -0.2) is 42.6 Å². The number of carboxylic acids is 1. The number of ether oxygens (including phenoxy) is 1. The van der Waals surface area contributed by atoms with Gasteiger partial charge in [0, 0.05) is 6.54 Å². The lowest BCUT2D eigenvalue weighted by molar-refractivity contribution is -0.141. The Morgan fingerprint density at radius 2 is 2.33 bits per heavy atom. The van der Waals surface area contributed by atoms with E-state index in [9.17, 15) is 9.59 Å². The molecule has 1 N–H and O–H groups in total. The number of carboxylic acid groups (broad SMARTS) is 1. The predicted molar refractivity (Wildman–Crippen MR) is 66.2 cm³/mol. The van der Waals surface area contributed by atoms with Crippen LogP contribution < -0.4 is 4.74 Å². The zero-order valence-electron chi connectivity index (χ0n) is 10.00. The maximum Gasteiger partial charge on any atom is 0.320 e. The second-order valence-electron chi connectivity index (χ2n) is 4.15. The van der Waals surface area contributed by atoms with Gasteiger partial charge in [0.2, 0.25) is 0 Å². The highest BCUT2D eigenvalue weighted by Crippen LogP contribution is 2.26. The molecule has 0 unspecified atom stereocenters. The number of methoxy groups -OCH3 is 1. The molecule has 1 aliphatic rings. The quantitative estimate of drug-likeness (QED) is 0.612. The van der Waals surface area contributed by atoms with Gasteiger partial charge in [0.25, 0.3) is 7.41 Å². The number of rotatable bonds is 4. The summed E-state index contributed by atoms with van der Waals surface area (Å²) in [6.07, 6.45) is 1.00. The number of hydrogen-bond acceptors (Lipinski definition) is 4. The Balaban J connectivity index is 2.31. The van der Waals surface area contributed by atoms with Crippen molar-refractivity contribution in [1.29, 1.82) is 0 Å². The van der Waals surface area contributed by atoms with E-state index in [4.69, 9.17) is 9.84 Å². The molecule has 0 saturated carbocycles. The van der Waals surface area contributed by atoms with Gasteiger partial charge in [0.1, 0.15) is 11.8 Å². The van der Waals surface area contributed by atoms with Gasteiger partial charge in [0.05, 0.1) is 13.3 Å². The molecule has 0 aliphatic carbocycles. The Bertz CT molecular complexity index is 477. The molecule has 2 rings (SSSR count). The van der Waals surface area contributed by atoms with E-state index in [2.05, 4.69) is 0 Å². The maximum absolute atomic E-state index is 11.2. The van der Waals surface area contributed by atoms with Crippen molar-refractivity contribution in [2.24, 2.45) is 0 Å². The normalized spacial score (nSPS) is 18.8. The molecule has 0 spiro atoms. The molecule has 0 amide bonds. The fourth-order valence-corrected chi connectivity index (χ4v) is 2.17. The van der Waals surface area contributed by atoms with Gasteiger partial charge >= 0.3 is 5.97 Å². The number of benzene rings is 1. The van der Waals surface area contributed by atoms with Crippen molar-refractivity contribution in [3.8, 4) is 5.75 Å². The van der Waals surface area contributed by atoms with Gasteiger partial charge in [-0.1, -0.05) is 6.07 Å². The average molecular weight is 246 g/mol. The van der Waals surface area contributed by atoms with E-state index in [1.165, 1.54) is 12.2 Å². The minimum absolute atomic E-state index is 0.388. The summed E-state index contributed by atoms with van der Waals surface area (Å²) in [5.74, 6) is -0.192. The number of nitrogens with zero attached hydrogens (tertiary/aromatic N) is 1. The number of aliphatic carboxylic acids is 1. The van der Waals surface area contributed by atoms with Crippen molar-refractivity contribution >= 4 is 19.6 Å². The molecule has 0 saturated heterocycles. The van der Waals surface area contributed by atoms with E-state index in [0.717, 1.165) is 16.9 Å². The van der Waals surface area contributed by atoms with Crippen LogP contribution in [0.5, 0.6) is 5.75 Å². The fraction of sp³-hybridized carbons (Fsp3) is 0.333. The van der Waals surface area contributed by atoms with E-state index in [1.807, 2.05) is 18.2 Å². The summed E-state index contributed by atoms with van der Waals surface area (Å²) >= 11 is 0. The van der Waals surface area contributed by atoms with Crippen molar-refractivity contribution in [3.05, 3.63) is 29.3 Å². The van der Waals surface area contributed by atoms with E-state index in [1.54, 1.807) is 7.11 Å². The van der Waals surface area contributed by atoms with Crippen molar-refractivity contribution < 1.29 is 19.4 Å². The van der Waals surface area contributed by atoms with Crippen LogP contribution in [0.15, 0.2) is 18.2 Å². The molecular formula is C12H13BNO4. The SMILES string of the molecule is COc1ccc2c(c1)CN([B]C=O)[C@H](C(=O)O)C2. The average Bonchev–Trinajstić information content (AvgIpc) is 2.37. The highest BCUT2D eigenvalue weighted by Gasteiger charge is 2.31. The van der Waals surface area contributed by atoms with E-state index >= 15 is 0 Å². The maximum atomic E-state index is 11.2. The molecule has 1 atom stereocenters. The minimum Gasteiger partial charge on any atom is -0.497 e. The monoisotopic (exact) mass is 246 g/mol. The second kappa shape index (κ2) is 5.22. The third-order valence-electron chi connectivity index (χ3n) is 3.12. The van der Waals surface area contributed by atoms with Crippen LogP contribution in [0.3, 0.4) is 0 Å². The van der Waals surface area contributed by atoms with E-state index in [-0.39, 0.29) is 0 Å². The Hall–Kier alpha value is -1.82. The largest absolute Gasteiger partial charge is 0.497 e. The van der Waals surface area contributed by atoms with Crippen LogP contribution >= 0.6 is 0 Å². The Kier molecular flexibility index (Phi) is 3.67. The molecule has 1 radical (unpaired) electrons. The highest BCUT2D eigenvalue weighted by molar-refractivity contribution is 6.64. The Labute approximate surface area is 106 Å². The lowest BCUT2D eigenvalue weighted by Crippen LogP contribution is -2.47. The molecule has 1 aliphatic heterocycles. The van der Waals surface area contributed by atoms with Gasteiger partial charge in [-0.05, 0) is 29.7 Å². The molecule has 1 aromatic rings. The Morgan fingerprint density at radius 1 is 1.56 bits per heavy atom. The molecule has 1 heterocycles. The molecule has 0 bridgehead atoms. The van der Waals surface area contributed by atoms with Gasteiger partial charge in [-0.3, -0.25) is 4.79 Å². The number of carbonyl (C=O) groups is 2. The first kappa shape index (κ1) is 12.6. The molecule has 93 valence electrons. The van der Waals surface area contributed by atoms with Crippen LogP contribution in [0, 0.1) is 0 Å². The smallest absolute Gasteiger partial charge is 0.320 e. The van der Waals surface area contributed by atoms with Crippen LogP contribution in [0.1, 0.15) is 11.1 Å². The highest BCUT2D eigenvalue weighted by atomic mass is 16.5. The summed E-state index contributed by atoms with van der Waals surface area (Å²) in [6, 6.07) is 4.88. The lowest BCUT2D eigenvalue weighted by atomic mass is 9.84. The van der Waals surface area contributed by atoms with Crippen molar-refractivity contribution in [2.45, 2.75) is 19.0 Å². The summed E-state index contributed by atoms with van der Waals surface area (Å²) < 4.78 is 5.14. The van der Waals surface area contributed by atoms with Crippen LogP contribution in [0.25, 0.3) is 0 Å². The summed E-state index contributed by atoms with van der Waals surface area (Å²) in [7, 11) is 2.86. The predicted octanol–water partition coefficient (Wildman–Crippen LogP) is 0.316. The van der Waals surface area contributed by atoms with Gasteiger partial charge in [0.15, 0.2) is 0 Å². The van der Waals surface area contributed by atoms with E-state index < -0.39 is 12.0 Å². The molecule has 5 nitrogen and oxygen atoms in total. The first-order chi connectivity index (χ1) is 8.65. The zero-order chi connectivity index (χ0) is 13.1. The van der Waals surface area contributed by atoms with Crippen LogP contribution in [0.4, 0.5) is 0 Å². The second-order valence-corrected chi connectivity index (χ2v) is 4.15. The zero-order valence-corrected chi connectivity index (χ0v) is 10.00. The third-order valence-corrected chi connectivity index (χ3v) is 3.12. The number of hydrogen-bond donors (Lipinski definition) is 1. The fourth-order valence-electron chi connectivity index (χ4n) is 2.17. The van der Waals surface area contributed by atoms with Crippen LogP contribution in [0.2, 0.25) is 0 Å². The topological polar surface area (TPSA) is 66.8 Å². The lowest BCUT2D eigenvalue weighted by Gasteiger charge is -2.33. The Morgan fingerprint density at radius 3 is 2.94 bits per heavy atom. The summed E-state index contributed by atoms with van der Waals surface area (Å²) in [5, 5.41) is 9.16. The molecule has 18 heavy (non-hydrogen) atoms. The van der Waals surface area contributed by atoms with Crippen molar-refractivity contribution in [2.75, 3.05) is 7.11 Å². The summed E-state index contributed by atoms with van der Waals surface area (Å²) in [4.78, 5) is 23.3. The summed E-state index contributed by atoms with van der Waals surface area (Å²) in [6.45, 7) is 0.405. The molecule has 0 fully saturated rings. The molecule has 1 aromatic carbocycles. The van der Waals surface area contributed by atoms with Gasteiger partial charge in [-0.15, -0.1) is 0 Å². The van der Waals surface area contributed by atoms with Crippen molar-refractivity contribution in [1.82, 2.24) is 4.81 Å². The van der Waals surface area contributed by atoms with E-state index in [0.29, 0.717) is 19.2 Å². The number of fused-ring (bicyclic) bond motifs is 1. The third kappa shape index (κ3) is 2.38. The first-order valence-electron chi connectivity index (χ1n) is 5.58. The van der Waals surface area contributed by atoms with Gasteiger partial charge < -0.3 is 19.4 Å². The van der Waals surface area contributed by atoms with Gasteiger partial charge in [-0.25, -0.2) is 0 Å². The first-order valence-corrected chi connectivity index (χ1v) is 5.58. The van der Waals surface area contributed by atoms with Crippen LogP contribution in [-0.2, 0) is 22.6 Å². The number of carbonyl (C=O) groups excluding carboxylic acids is 1. The molecule has 0 aromatic heterocycles. The van der Waals surface area contributed by atoms with Crippen molar-refractivity contribution in [3.63, 3.8) is 0 Å².